The number of carbonyl (C=O) groups excluding carboxylic acids is 1. The van der Waals surface area contributed by atoms with Gasteiger partial charge in [-0.3, -0.25) is 9.79 Å². The molecule has 2 aromatic carbocycles. The van der Waals surface area contributed by atoms with Crippen molar-refractivity contribution in [1.82, 2.24) is 9.88 Å². The molecule has 2 radical (unpaired) electrons. The maximum Gasteiger partial charge on any atom is 0.233 e. The Balaban J connectivity index is 1.41. The number of amides is 1. The minimum Gasteiger partial charge on any atom is -0.378 e. The molecule has 0 unspecified atom stereocenters. The lowest BCUT2D eigenvalue weighted by atomic mass is 9.95. The molecule has 1 amide bonds. The van der Waals surface area contributed by atoms with Crippen LogP contribution in [-0.4, -0.2) is 61.9 Å². The van der Waals surface area contributed by atoms with Crippen LogP contribution in [0.25, 0.3) is 10.2 Å². The fraction of sp³-hybridized carbons (Fsp3) is 0.250. The number of rotatable bonds is 5. The molecular weight excluding hydrogens is 389 g/mol. The number of carbonyl (C=O) groups is 1. The summed E-state index contributed by atoms with van der Waals surface area (Å²) in [6, 6.07) is 13.5. The van der Waals surface area contributed by atoms with Gasteiger partial charge in [0.25, 0.3) is 0 Å². The van der Waals surface area contributed by atoms with E-state index in [1.54, 1.807) is 11.3 Å². The lowest BCUT2D eigenvalue weighted by Gasteiger charge is -2.26. The molecule has 1 aromatic heterocycles. The van der Waals surface area contributed by atoms with Gasteiger partial charge in [-0.05, 0) is 23.8 Å². The van der Waals surface area contributed by atoms with E-state index in [0.29, 0.717) is 32.1 Å². The first-order valence-corrected chi connectivity index (χ1v) is 10.8. The summed E-state index contributed by atoms with van der Waals surface area (Å²) in [6.45, 7) is 2.59. The van der Waals surface area contributed by atoms with Crippen molar-refractivity contribution in [3.05, 3.63) is 48.0 Å². The van der Waals surface area contributed by atoms with Gasteiger partial charge in [0.1, 0.15) is 7.85 Å². The average Bonchev–Trinajstić information content (AvgIpc) is 3.14. The Morgan fingerprint density at radius 1 is 1.25 bits per heavy atom. The summed E-state index contributed by atoms with van der Waals surface area (Å²) in [5.41, 5.74) is 3.53. The first kappa shape index (κ1) is 19.2. The summed E-state index contributed by atoms with van der Waals surface area (Å²) in [5, 5.41) is 0. The molecule has 0 saturated carbocycles. The summed E-state index contributed by atoms with van der Waals surface area (Å²) in [6.07, 6.45) is 1.82. The lowest BCUT2D eigenvalue weighted by molar-refractivity contribution is -0.132. The molecular formula is C20H18BN3O2S2. The van der Waals surface area contributed by atoms with Crippen LogP contribution in [0, 0.1) is 0 Å². The Kier molecular flexibility index (Phi) is 6.09. The minimum atomic E-state index is 0.140. The Morgan fingerprint density at radius 3 is 2.82 bits per heavy atom. The highest BCUT2D eigenvalue weighted by Gasteiger charge is 2.17. The largest absolute Gasteiger partial charge is 0.378 e. The number of thiazole rings is 1. The van der Waals surface area contributed by atoms with Crippen LogP contribution < -0.4 is 5.46 Å². The molecule has 0 spiro atoms. The number of benzene rings is 2. The molecule has 1 saturated heterocycles. The SMILES string of the molecule is [B]c1ccc(C=Nc2ccc3nc(SCC(=O)N4CCOCC4)sc3c2)cc1. The molecule has 0 atom stereocenters. The molecule has 4 rings (SSSR count). The lowest BCUT2D eigenvalue weighted by Crippen LogP contribution is -2.41. The van der Waals surface area contributed by atoms with Crippen LogP contribution in [0.3, 0.4) is 0 Å². The van der Waals surface area contributed by atoms with Crippen LogP contribution in [0.4, 0.5) is 5.69 Å². The number of morpholine rings is 1. The van der Waals surface area contributed by atoms with Gasteiger partial charge in [-0.2, -0.15) is 0 Å². The summed E-state index contributed by atoms with van der Waals surface area (Å²) in [7, 11) is 5.70. The monoisotopic (exact) mass is 407 g/mol. The van der Waals surface area contributed by atoms with Crippen molar-refractivity contribution in [1.29, 1.82) is 0 Å². The highest BCUT2D eigenvalue weighted by molar-refractivity contribution is 8.01. The fourth-order valence-corrected chi connectivity index (χ4v) is 4.80. The van der Waals surface area contributed by atoms with Gasteiger partial charge in [0.15, 0.2) is 4.34 Å². The molecule has 140 valence electrons. The molecule has 5 nitrogen and oxygen atoms in total. The maximum atomic E-state index is 12.3. The van der Waals surface area contributed by atoms with E-state index in [-0.39, 0.29) is 5.91 Å². The number of fused-ring (bicyclic) bond motifs is 1. The van der Waals surface area contributed by atoms with E-state index in [4.69, 9.17) is 12.6 Å². The second kappa shape index (κ2) is 8.90. The van der Waals surface area contributed by atoms with Crippen LogP contribution in [0.2, 0.25) is 0 Å². The number of thioether (sulfide) groups is 1. The molecule has 1 fully saturated rings. The second-order valence-corrected chi connectivity index (χ2v) is 8.59. The highest BCUT2D eigenvalue weighted by Crippen LogP contribution is 2.32. The number of hydrogen-bond donors (Lipinski definition) is 0. The van der Waals surface area contributed by atoms with E-state index in [2.05, 4.69) is 9.98 Å². The number of ether oxygens (including phenoxy) is 1. The molecule has 0 aliphatic carbocycles. The topological polar surface area (TPSA) is 54.8 Å². The summed E-state index contributed by atoms with van der Waals surface area (Å²) < 4.78 is 7.25. The van der Waals surface area contributed by atoms with Crippen LogP contribution in [0.1, 0.15) is 5.56 Å². The normalized spacial score (nSPS) is 14.8. The third kappa shape index (κ3) is 4.81. The van der Waals surface area contributed by atoms with Crippen molar-refractivity contribution in [3.8, 4) is 0 Å². The van der Waals surface area contributed by atoms with Crippen molar-refractivity contribution in [2.24, 2.45) is 4.99 Å². The Bertz CT molecular complexity index is 998. The molecule has 28 heavy (non-hydrogen) atoms. The van der Waals surface area contributed by atoms with E-state index in [9.17, 15) is 4.79 Å². The molecule has 8 heteroatoms. The standard InChI is InChI=1S/C20H18BN3O2S2/c21-15-3-1-14(2-4-15)12-22-16-5-6-17-18(11-16)28-20(23-17)27-13-19(25)24-7-9-26-10-8-24/h1-6,11-12H,7-10,13H2. The molecule has 0 N–H and O–H groups in total. The predicted octanol–water partition coefficient (Wildman–Crippen LogP) is 2.79. The van der Waals surface area contributed by atoms with E-state index in [0.717, 1.165) is 31.3 Å². The first-order valence-electron chi connectivity index (χ1n) is 8.96. The molecule has 2 heterocycles. The Morgan fingerprint density at radius 2 is 2.04 bits per heavy atom. The predicted molar refractivity (Wildman–Crippen MR) is 117 cm³/mol. The molecule has 1 aliphatic heterocycles. The second-order valence-electron chi connectivity index (χ2n) is 6.34. The van der Waals surface area contributed by atoms with E-state index >= 15 is 0 Å². The number of aliphatic imine (C=N–C) groups is 1. The van der Waals surface area contributed by atoms with Gasteiger partial charge in [-0.15, -0.1) is 11.3 Å². The third-order valence-corrected chi connectivity index (χ3v) is 6.48. The van der Waals surface area contributed by atoms with Gasteiger partial charge in [0.05, 0.1) is 34.9 Å². The van der Waals surface area contributed by atoms with Gasteiger partial charge in [0, 0.05) is 19.3 Å². The van der Waals surface area contributed by atoms with Gasteiger partial charge >= 0.3 is 0 Å². The summed E-state index contributed by atoms with van der Waals surface area (Å²) >= 11 is 3.08. The molecule has 1 aliphatic rings. The average molecular weight is 407 g/mol. The van der Waals surface area contributed by atoms with Gasteiger partial charge in [-0.25, -0.2) is 4.98 Å². The summed E-state index contributed by atoms with van der Waals surface area (Å²) in [4.78, 5) is 23.3. The van der Waals surface area contributed by atoms with E-state index < -0.39 is 0 Å². The Hall–Kier alpha value is -2.16. The quantitative estimate of drug-likeness (QED) is 0.371. The van der Waals surface area contributed by atoms with Crippen molar-refractivity contribution in [2.45, 2.75) is 4.34 Å². The van der Waals surface area contributed by atoms with Gasteiger partial charge < -0.3 is 9.64 Å². The first-order chi connectivity index (χ1) is 13.7. The van der Waals surface area contributed by atoms with Crippen molar-refractivity contribution in [2.75, 3.05) is 32.1 Å². The van der Waals surface area contributed by atoms with E-state index in [1.165, 1.54) is 11.8 Å². The maximum absolute atomic E-state index is 12.3. The van der Waals surface area contributed by atoms with Gasteiger partial charge in [-0.1, -0.05) is 41.5 Å². The van der Waals surface area contributed by atoms with Crippen LogP contribution in [0.5, 0.6) is 0 Å². The van der Waals surface area contributed by atoms with Gasteiger partial charge in [0.2, 0.25) is 5.91 Å². The summed E-state index contributed by atoms with van der Waals surface area (Å²) in [5.74, 6) is 0.545. The smallest absolute Gasteiger partial charge is 0.233 e. The zero-order chi connectivity index (χ0) is 19.3. The van der Waals surface area contributed by atoms with Crippen molar-refractivity contribution < 1.29 is 9.53 Å². The van der Waals surface area contributed by atoms with Crippen LogP contribution in [0.15, 0.2) is 51.8 Å². The van der Waals surface area contributed by atoms with Crippen LogP contribution in [-0.2, 0) is 9.53 Å². The minimum absolute atomic E-state index is 0.140. The van der Waals surface area contributed by atoms with Crippen molar-refractivity contribution in [3.63, 3.8) is 0 Å². The number of nitrogens with zero attached hydrogens (tertiary/aromatic N) is 3. The van der Waals surface area contributed by atoms with E-state index in [1.807, 2.05) is 53.6 Å². The van der Waals surface area contributed by atoms with Crippen molar-refractivity contribution >= 4 is 64.4 Å². The molecule has 0 bridgehead atoms. The molecule has 3 aromatic rings. The zero-order valence-electron chi connectivity index (χ0n) is 15.2. The zero-order valence-corrected chi connectivity index (χ0v) is 16.8. The highest BCUT2D eigenvalue weighted by atomic mass is 32.2. The fourth-order valence-electron chi connectivity index (χ4n) is 2.79. The number of aromatic nitrogens is 1. The third-order valence-electron chi connectivity index (χ3n) is 4.33. The van der Waals surface area contributed by atoms with Crippen LogP contribution >= 0.6 is 23.1 Å². The Labute approximate surface area is 173 Å². The number of hydrogen-bond acceptors (Lipinski definition) is 6.